The molecule has 0 saturated carbocycles. The van der Waals surface area contributed by atoms with E-state index in [2.05, 4.69) is 10.3 Å². The van der Waals surface area contributed by atoms with E-state index >= 15 is 0 Å². The predicted molar refractivity (Wildman–Crippen MR) is 145 cm³/mol. The number of amides is 1. The third-order valence-corrected chi connectivity index (χ3v) is 5.96. The van der Waals surface area contributed by atoms with Crippen LogP contribution in [0.3, 0.4) is 0 Å². The van der Waals surface area contributed by atoms with Crippen molar-refractivity contribution in [1.82, 2.24) is 10.3 Å². The summed E-state index contributed by atoms with van der Waals surface area (Å²) in [4.78, 5) is 28.4. The number of aliphatic carboxylic acids is 1. The molecule has 1 unspecified atom stereocenters. The van der Waals surface area contributed by atoms with Gasteiger partial charge in [0.05, 0.1) is 12.8 Å². The monoisotopic (exact) mass is 565 g/mol. The molecule has 11 heteroatoms. The molecule has 2 aromatic heterocycles. The lowest BCUT2D eigenvalue weighted by atomic mass is 10.00. The average molecular weight is 566 g/mol. The number of aromatic nitrogens is 1. The summed E-state index contributed by atoms with van der Waals surface area (Å²) in [6.07, 6.45) is 0.157. The minimum atomic E-state index is -1.40. The van der Waals surface area contributed by atoms with Gasteiger partial charge in [-0.1, -0.05) is 32.0 Å². The van der Waals surface area contributed by atoms with Gasteiger partial charge in [-0.05, 0) is 65.4 Å². The van der Waals surface area contributed by atoms with Crippen LogP contribution in [0.15, 0.2) is 71.3 Å². The van der Waals surface area contributed by atoms with Gasteiger partial charge in [-0.15, -0.1) is 0 Å². The minimum Gasteiger partial charge on any atom is -0.479 e. The van der Waals surface area contributed by atoms with Gasteiger partial charge in [0.25, 0.3) is 17.7 Å². The van der Waals surface area contributed by atoms with Crippen molar-refractivity contribution in [3.05, 3.63) is 95.4 Å². The number of halogens is 2. The molecule has 214 valence electrons. The number of benzene rings is 2. The molecule has 1 amide bonds. The molecule has 0 spiro atoms. The van der Waals surface area contributed by atoms with E-state index < -0.39 is 41.4 Å². The number of carboxylic acid groups (broad SMARTS) is 1. The average Bonchev–Trinajstić information content (AvgIpc) is 3.47. The first kappa shape index (κ1) is 29.2. The van der Waals surface area contributed by atoms with Crippen LogP contribution in [0.4, 0.5) is 8.78 Å². The summed E-state index contributed by atoms with van der Waals surface area (Å²) in [5.41, 5.74) is 8.09. The standard InChI is InChI=1S/C30H29F2N3O6/c1-17(2)9-26(30(37)38)41-29-25(32)14-24(31)28(35-29)40-23-12-20(19-6-3-5-18(10-19)15-33)11-21(13-23)27(36)34-16-22-7-4-8-39-22/h3-8,10-14,17,26H,9,15-16,33H2,1-2H3,(H,34,36)(H,37,38). The van der Waals surface area contributed by atoms with Crippen LogP contribution < -0.4 is 20.5 Å². The third-order valence-electron chi connectivity index (χ3n) is 5.96. The van der Waals surface area contributed by atoms with Crippen molar-refractivity contribution in [3.63, 3.8) is 0 Å². The molecule has 0 saturated heterocycles. The Balaban J connectivity index is 1.69. The quantitative estimate of drug-likeness (QED) is 0.200. The second kappa shape index (κ2) is 13.1. The molecular weight excluding hydrogens is 536 g/mol. The third kappa shape index (κ3) is 7.67. The molecule has 4 N–H and O–H groups in total. The van der Waals surface area contributed by atoms with E-state index in [4.69, 9.17) is 19.6 Å². The summed E-state index contributed by atoms with van der Waals surface area (Å²) in [6.45, 7) is 3.98. The molecule has 4 aromatic rings. The molecule has 0 aliphatic carbocycles. The summed E-state index contributed by atoms with van der Waals surface area (Å²) >= 11 is 0. The van der Waals surface area contributed by atoms with E-state index in [0.717, 1.165) is 5.56 Å². The SMILES string of the molecule is CC(C)CC(Oc1nc(Oc2cc(C(=O)NCc3ccco3)cc(-c3cccc(CN)c3)c2)c(F)cc1F)C(=O)O. The number of rotatable bonds is 12. The van der Waals surface area contributed by atoms with Crippen molar-refractivity contribution in [2.75, 3.05) is 0 Å². The normalized spacial score (nSPS) is 11.8. The number of hydrogen-bond acceptors (Lipinski definition) is 7. The van der Waals surface area contributed by atoms with Crippen LogP contribution in [0.1, 0.15) is 41.9 Å². The number of nitrogens with zero attached hydrogens (tertiary/aromatic N) is 1. The lowest BCUT2D eigenvalue weighted by Gasteiger charge is -2.17. The summed E-state index contributed by atoms with van der Waals surface area (Å²) < 4.78 is 45.5. The molecule has 2 heterocycles. The van der Waals surface area contributed by atoms with E-state index in [9.17, 15) is 23.5 Å². The van der Waals surface area contributed by atoms with E-state index in [1.165, 1.54) is 12.3 Å². The van der Waals surface area contributed by atoms with Crippen molar-refractivity contribution in [2.45, 2.75) is 39.5 Å². The number of nitrogens with two attached hydrogens (primary N) is 1. The second-order valence-electron chi connectivity index (χ2n) is 9.65. The molecule has 9 nitrogen and oxygen atoms in total. The first-order chi connectivity index (χ1) is 19.6. The number of pyridine rings is 1. The van der Waals surface area contributed by atoms with E-state index in [1.54, 1.807) is 38.1 Å². The summed E-state index contributed by atoms with van der Waals surface area (Å²) in [5, 5.41) is 12.2. The van der Waals surface area contributed by atoms with Gasteiger partial charge in [0.1, 0.15) is 11.5 Å². The minimum absolute atomic E-state index is 0.0183. The summed E-state index contributed by atoms with van der Waals surface area (Å²) in [5.74, 6) is -5.01. The van der Waals surface area contributed by atoms with Gasteiger partial charge in [-0.25, -0.2) is 13.6 Å². The molecule has 41 heavy (non-hydrogen) atoms. The maximum atomic E-state index is 14.8. The Labute approximate surface area is 234 Å². The number of furan rings is 1. The molecule has 0 aliphatic rings. The van der Waals surface area contributed by atoms with E-state index in [-0.39, 0.29) is 30.2 Å². The lowest BCUT2D eigenvalue weighted by Crippen LogP contribution is -2.29. The Kier molecular flexibility index (Phi) is 9.30. The van der Waals surface area contributed by atoms with Crippen LogP contribution in [0.2, 0.25) is 0 Å². The lowest BCUT2D eigenvalue weighted by molar-refractivity contribution is -0.146. The van der Waals surface area contributed by atoms with Crippen molar-refractivity contribution >= 4 is 11.9 Å². The van der Waals surface area contributed by atoms with Gasteiger partial charge in [0.15, 0.2) is 17.7 Å². The van der Waals surface area contributed by atoms with Crippen LogP contribution in [0.25, 0.3) is 11.1 Å². The van der Waals surface area contributed by atoms with Gasteiger partial charge in [0, 0.05) is 18.2 Å². The van der Waals surface area contributed by atoms with Crippen molar-refractivity contribution < 1.29 is 37.4 Å². The molecule has 4 rings (SSSR count). The Bertz CT molecular complexity index is 1520. The van der Waals surface area contributed by atoms with Crippen molar-refractivity contribution in [1.29, 1.82) is 0 Å². The van der Waals surface area contributed by atoms with Crippen LogP contribution >= 0.6 is 0 Å². The zero-order valence-corrected chi connectivity index (χ0v) is 22.4. The van der Waals surface area contributed by atoms with Gasteiger partial charge in [-0.2, -0.15) is 4.98 Å². The highest BCUT2D eigenvalue weighted by atomic mass is 19.1. The number of carbonyl (C=O) groups excluding carboxylic acids is 1. The zero-order valence-electron chi connectivity index (χ0n) is 22.4. The Morgan fingerprint density at radius 3 is 2.49 bits per heavy atom. The highest BCUT2D eigenvalue weighted by Crippen LogP contribution is 2.32. The van der Waals surface area contributed by atoms with Gasteiger partial charge in [-0.3, -0.25) is 4.79 Å². The highest BCUT2D eigenvalue weighted by molar-refractivity contribution is 5.96. The molecule has 0 radical (unpaired) electrons. The van der Waals surface area contributed by atoms with Crippen molar-refractivity contribution in [3.8, 4) is 28.6 Å². The van der Waals surface area contributed by atoms with Crippen molar-refractivity contribution in [2.24, 2.45) is 11.7 Å². The van der Waals surface area contributed by atoms with E-state index in [1.807, 2.05) is 24.3 Å². The Morgan fingerprint density at radius 2 is 1.80 bits per heavy atom. The van der Waals surface area contributed by atoms with Crippen LogP contribution in [0, 0.1) is 17.6 Å². The van der Waals surface area contributed by atoms with Gasteiger partial charge < -0.3 is 30.0 Å². The smallest absolute Gasteiger partial charge is 0.344 e. The van der Waals surface area contributed by atoms with Crippen LogP contribution in [-0.2, 0) is 17.9 Å². The molecule has 0 bridgehead atoms. The van der Waals surface area contributed by atoms with E-state index in [0.29, 0.717) is 29.5 Å². The molecular formula is C30H29F2N3O6. The summed E-state index contributed by atoms with van der Waals surface area (Å²) in [7, 11) is 0. The molecule has 0 aliphatic heterocycles. The Hall–Kier alpha value is -4.77. The number of nitrogens with one attached hydrogen (secondary N) is 1. The number of carbonyl (C=O) groups is 2. The second-order valence-corrected chi connectivity index (χ2v) is 9.65. The fraction of sp³-hybridized carbons (Fsp3) is 0.233. The first-order valence-corrected chi connectivity index (χ1v) is 12.8. The maximum absolute atomic E-state index is 14.8. The van der Waals surface area contributed by atoms with Gasteiger partial charge in [0.2, 0.25) is 0 Å². The molecule has 1 atom stereocenters. The molecule has 2 aromatic carbocycles. The Morgan fingerprint density at radius 1 is 1.02 bits per heavy atom. The highest BCUT2D eigenvalue weighted by Gasteiger charge is 2.25. The first-order valence-electron chi connectivity index (χ1n) is 12.8. The van der Waals surface area contributed by atoms with Crippen LogP contribution in [-0.4, -0.2) is 28.1 Å². The zero-order chi connectivity index (χ0) is 29.5. The predicted octanol–water partition coefficient (Wildman–Crippen LogP) is 5.68. The fourth-order valence-electron chi connectivity index (χ4n) is 3.98. The largest absolute Gasteiger partial charge is 0.479 e. The number of ether oxygens (including phenoxy) is 2. The fourth-order valence-corrected chi connectivity index (χ4v) is 3.98. The van der Waals surface area contributed by atoms with Gasteiger partial charge >= 0.3 is 5.97 Å². The number of hydrogen-bond donors (Lipinski definition) is 3. The number of carboxylic acids is 1. The topological polar surface area (TPSA) is 137 Å². The summed E-state index contributed by atoms with van der Waals surface area (Å²) in [6, 6.07) is 15.8. The maximum Gasteiger partial charge on any atom is 0.344 e. The van der Waals surface area contributed by atoms with Crippen LogP contribution in [0.5, 0.6) is 17.5 Å². The molecule has 0 fully saturated rings.